The number of pyridine rings is 1. The first-order chi connectivity index (χ1) is 15.1. The largest absolute Gasteiger partial charge is 0.477 e. The average molecular weight is 423 g/mol. The maximum Gasteiger partial charge on any atom is 0.354 e. The Bertz CT molecular complexity index is 935. The predicted molar refractivity (Wildman–Crippen MR) is 122 cm³/mol. The maximum absolute atomic E-state index is 11.9. The fourth-order valence-electron chi connectivity index (χ4n) is 4.38. The third-order valence-electron chi connectivity index (χ3n) is 6.39. The van der Waals surface area contributed by atoms with Gasteiger partial charge in [-0.3, -0.25) is 0 Å². The molecule has 1 aliphatic heterocycles. The second-order valence-electron chi connectivity index (χ2n) is 8.47. The highest BCUT2D eigenvalue weighted by Crippen LogP contribution is 2.38. The molecule has 0 unspecified atom stereocenters. The zero-order valence-corrected chi connectivity index (χ0v) is 17.9. The van der Waals surface area contributed by atoms with Gasteiger partial charge in [0, 0.05) is 44.1 Å². The van der Waals surface area contributed by atoms with Gasteiger partial charge in [0.15, 0.2) is 5.69 Å². The van der Waals surface area contributed by atoms with Crippen LogP contribution in [0.15, 0.2) is 36.4 Å². The number of hydrogen-bond acceptors (Lipinski definition) is 6. The van der Waals surface area contributed by atoms with Gasteiger partial charge in [0.05, 0.1) is 11.3 Å². The number of rotatable bonds is 8. The van der Waals surface area contributed by atoms with Crippen LogP contribution in [0.2, 0.25) is 0 Å². The van der Waals surface area contributed by atoms with E-state index in [1.807, 2.05) is 30.3 Å². The molecule has 2 fully saturated rings. The third-order valence-corrected chi connectivity index (χ3v) is 6.39. The zero-order valence-electron chi connectivity index (χ0n) is 17.9. The molecular weight excluding hydrogens is 392 g/mol. The monoisotopic (exact) mass is 422 g/mol. The molecule has 1 aromatic heterocycles. The molecule has 4 rings (SSSR count). The fourth-order valence-corrected chi connectivity index (χ4v) is 4.38. The van der Waals surface area contributed by atoms with Gasteiger partial charge in [0.25, 0.3) is 0 Å². The van der Waals surface area contributed by atoms with Crippen LogP contribution in [0.4, 0.5) is 17.2 Å². The summed E-state index contributed by atoms with van der Waals surface area (Å²) in [6.45, 7) is 2.37. The van der Waals surface area contributed by atoms with Crippen molar-refractivity contribution in [3.05, 3.63) is 47.7 Å². The summed E-state index contributed by atoms with van der Waals surface area (Å²) in [6, 6.07) is 11.3. The van der Waals surface area contributed by atoms with Crippen LogP contribution in [-0.2, 0) is 4.74 Å². The molecule has 1 aliphatic carbocycles. The number of aromatic nitrogens is 1. The Morgan fingerprint density at radius 2 is 1.94 bits per heavy atom. The first-order valence-electron chi connectivity index (χ1n) is 11.0. The van der Waals surface area contributed by atoms with Crippen LogP contribution < -0.4 is 10.2 Å². The van der Waals surface area contributed by atoms with Gasteiger partial charge in [-0.05, 0) is 49.8 Å². The van der Waals surface area contributed by atoms with Crippen LogP contribution >= 0.6 is 0 Å². The number of benzene rings is 1. The van der Waals surface area contributed by atoms with Crippen molar-refractivity contribution < 1.29 is 14.6 Å². The van der Waals surface area contributed by atoms with E-state index < -0.39 is 5.97 Å². The minimum absolute atomic E-state index is 0.00222. The molecule has 0 amide bonds. The van der Waals surface area contributed by atoms with Crippen LogP contribution in [0.25, 0.3) is 0 Å². The standard InChI is InChI=1S/C24H30N4O3/c1-31-15-16-10-12-28(13-11-16)20-14-19(24(29)30)27-23(26-18-8-3-2-4-9-18)21(20)22(25)17-6-5-7-17/h2-4,8-9,14,16-17,25H,5-7,10-13,15H2,1H3,(H,26,27)(H,29,30). The Balaban J connectivity index is 1.75. The summed E-state index contributed by atoms with van der Waals surface area (Å²) in [5.41, 5.74) is 2.92. The second kappa shape index (κ2) is 9.47. The van der Waals surface area contributed by atoms with Crippen molar-refractivity contribution in [2.45, 2.75) is 32.1 Å². The summed E-state index contributed by atoms with van der Waals surface area (Å²) in [5, 5.41) is 22.0. The van der Waals surface area contributed by atoms with Gasteiger partial charge in [0.2, 0.25) is 0 Å². The third kappa shape index (κ3) is 4.71. The maximum atomic E-state index is 11.9. The molecule has 7 heteroatoms. The molecular formula is C24H30N4O3. The van der Waals surface area contributed by atoms with Gasteiger partial charge in [0.1, 0.15) is 5.82 Å². The summed E-state index contributed by atoms with van der Waals surface area (Å²) in [4.78, 5) is 18.5. The molecule has 0 radical (unpaired) electrons. The van der Waals surface area contributed by atoms with Crippen LogP contribution in [-0.4, -0.2) is 48.6 Å². The topological polar surface area (TPSA) is 98.5 Å². The van der Waals surface area contributed by atoms with E-state index in [4.69, 9.17) is 10.1 Å². The first kappa shape index (κ1) is 21.3. The van der Waals surface area contributed by atoms with Crippen molar-refractivity contribution in [2.24, 2.45) is 11.8 Å². The normalized spacial score (nSPS) is 17.3. The van der Waals surface area contributed by atoms with E-state index in [2.05, 4.69) is 15.2 Å². The van der Waals surface area contributed by atoms with E-state index in [1.165, 1.54) is 0 Å². The molecule has 2 heterocycles. The van der Waals surface area contributed by atoms with Crippen LogP contribution in [0.3, 0.4) is 0 Å². The Morgan fingerprint density at radius 3 is 2.52 bits per heavy atom. The summed E-state index contributed by atoms with van der Waals surface area (Å²) >= 11 is 0. The summed E-state index contributed by atoms with van der Waals surface area (Å²) in [7, 11) is 1.73. The number of nitrogens with one attached hydrogen (secondary N) is 2. The van der Waals surface area contributed by atoms with Crippen molar-refractivity contribution in [1.82, 2.24) is 4.98 Å². The number of methoxy groups -OCH3 is 1. The van der Waals surface area contributed by atoms with Gasteiger partial charge in [-0.25, -0.2) is 9.78 Å². The number of carboxylic acid groups (broad SMARTS) is 1. The lowest BCUT2D eigenvalue weighted by atomic mass is 9.79. The molecule has 0 bridgehead atoms. The number of hydrogen-bond donors (Lipinski definition) is 3. The number of ether oxygens (including phenoxy) is 1. The fraction of sp³-hybridized carbons (Fsp3) is 0.458. The number of nitrogens with zero attached hydrogens (tertiary/aromatic N) is 2. The Kier molecular flexibility index (Phi) is 6.51. The van der Waals surface area contributed by atoms with Gasteiger partial charge in [-0.1, -0.05) is 24.6 Å². The summed E-state index contributed by atoms with van der Waals surface area (Å²) in [5.74, 6) is 0.113. The van der Waals surface area contributed by atoms with Crippen LogP contribution in [0, 0.1) is 17.2 Å². The SMILES string of the molecule is COCC1CCN(c2cc(C(=O)O)nc(Nc3ccccc3)c2C(=N)C2CCC2)CC1. The Hall–Kier alpha value is -2.93. The van der Waals surface area contributed by atoms with Crippen molar-refractivity contribution in [3.8, 4) is 0 Å². The van der Waals surface area contributed by atoms with Gasteiger partial charge >= 0.3 is 5.97 Å². The predicted octanol–water partition coefficient (Wildman–Crippen LogP) is 4.55. The van der Waals surface area contributed by atoms with Gasteiger partial charge in [-0.15, -0.1) is 0 Å². The quantitative estimate of drug-likeness (QED) is 0.540. The van der Waals surface area contributed by atoms with Crippen LogP contribution in [0.5, 0.6) is 0 Å². The van der Waals surface area contributed by atoms with E-state index in [1.54, 1.807) is 13.2 Å². The van der Waals surface area contributed by atoms with Crippen molar-refractivity contribution in [3.63, 3.8) is 0 Å². The van der Waals surface area contributed by atoms with Crippen LogP contribution in [0.1, 0.15) is 48.2 Å². The highest BCUT2D eigenvalue weighted by Gasteiger charge is 2.31. The van der Waals surface area contributed by atoms with Gasteiger partial charge in [-0.2, -0.15) is 0 Å². The molecule has 2 aromatic rings. The Morgan fingerprint density at radius 1 is 1.23 bits per heavy atom. The number of aromatic carboxylic acids is 1. The van der Waals surface area contributed by atoms with Crippen molar-refractivity contribution in [1.29, 1.82) is 5.41 Å². The van der Waals surface area contributed by atoms with Gasteiger partial charge < -0.3 is 25.5 Å². The molecule has 31 heavy (non-hydrogen) atoms. The van der Waals surface area contributed by atoms with Crippen molar-refractivity contribution >= 4 is 28.9 Å². The smallest absolute Gasteiger partial charge is 0.354 e. The van der Waals surface area contributed by atoms with E-state index in [-0.39, 0.29) is 11.6 Å². The average Bonchev–Trinajstić information content (AvgIpc) is 2.73. The molecule has 0 spiro atoms. The number of anilines is 3. The number of para-hydroxylation sites is 1. The second-order valence-corrected chi connectivity index (χ2v) is 8.47. The lowest BCUT2D eigenvalue weighted by molar-refractivity contribution is 0.0690. The molecule has 1 aromatic carbocycles. The lowest BCUT2D eigenvalue weighted by Gasteiger charge is -2.36. The molecule has 1 saturated carbocycles. The van der Waals surface area contributed by atoms with E-state index in [0.29, 0.717) is 17.4 Å². The minimum Gasteiger partial charge on any atom is -0.477 e. The van der Waals surface area contributed by atoms with E-state index in [9.17, 15) is 9.90 Å². The number of piperidine rings is 1. The summed E-state index contributed by atoms with van der Waals surface area (Å²) in [6.07, 6.45) is 5.10. The highest BCUT2D eigenvalue weighted by atomic mass is 16.5. The van der Waals surface area contributed by atoms with E-state index in [0.717, 1.165) is 68.7 Å². The molecule has 2 aliphatic rings. The molecule has 1 saturated heterocycles. The molecule has 3 N–H and O–H groups in total. The number of carbonyl (C=O) groups is 1. The zero-order chi connectivity index (χ0) is 21.8. The number of carboxylic acids is 1. The Labute approximate surface area is 183 Å². The lowest BCUT2D eigenvalue weighted by Crippen LogP contribution is -2.37. The minimum atomic E-state index is -1.06. The molecule has 0 atom stereocenters. The van der Waals surface area contributed by atoms with Crippen molar-refractivity contribution in [2.75, 3.05) is 37.0 Å². The summed E-state index contributed by atoms with van der Waals surface area (Å²) < 4.78 is 5.32. The van der Waals surface area contributed by atoms with E-state index >= 15 is 0 Å². The molecule has 164 valence electrons. The first-order valence-corrected chi connectivity index (χ1v) is 11.0. The highest BCUT2D eigenvalue weighted by molar-refractivity contribution is 6.10. The molecule has 7 nitrogen and oxygen atoms in total.